The smallest absolute Gasteiger partial charge is 0.267 e. The van der Waals surface area contributed by atoms with E-state index in [1.807, 2.05) is 28.9 Å². The molecule has 2 N–H and O–H groups in total. The second kappa shape index (κ2) is 9.73. The summed E-state index contributed by atoms with van der Waals surface area (Å²) < 4.78 is 1.97. The minimum atomic E-state index is -0.521. The first-order valence-corrected chi connectivity index (χ1v) is 10.7. The van der Waals surface area contributed by atoms with Crippen LogP contribution < -0.4 is 5.48 Å². The van der Waals surface area contributed by atoms with Crippen LogP contribution in [0.5, 0.6) is 0 Å². The summed E-state index contributed by atoms with van der Waals surface area (Å²) in [5, 5.41) is 13.3. The lowest BCUT2D eigenvalue weighted by Crippen LogP contribution is -2.25. The molecule has 0 saturated carbocycles. The van der Waals surface area contributed by atoms with Crippen LogP contribution in [0.4, 0.5) is 0 Å². The van der Waals surface area contributed by atoms with Gasteiger partial charge >= 0.3 is 0 Å². The Bertz CT molecular complexity index is 1070. The number of fused-ring (bicyclic) bond motifs is 1. The summed E-state index contributed by atoms with van der Waals surface area (Å²) in [6.07, 6.45) is 8.33. The van der Waals surface area contributed by atoms with Crippen molar-refractivity contribution >= 4 is 12.0 Å². The lowest BCUT2D eigenvalue weighted by atomic mass is 10.0. The Morgan fingerprint density at radius 2 is 2.03 bits per heavy atom. The van der Waals surface area contributed by atoms with Crippen molar-refractivity contribution in [2.24, 2.45) is 0 Å². The summed E-state index contributed by atoms with van der Waals surface area (Å²) in [7, 11) is 0. The van der Waals surface area contributed by atoms with Crippen molar-refractivity contribution in [2.45, 2.75) is 32.7 Å². The first-order chi connectivity index (χ1) is 15.1. The molecule has 6 heteroatoms. The summed E-state index contributed by atoms with van der Waals surface area (Å²) in [4.78, 5) is 13.7. The highest BCUT2D eigenvalue weighted by atomic mass is 16.5. The number of amides is 1. The number of aromatic nitrogens is 2. The topological polar surface area (TPSA) is 70.4 Å². The van der Waals surface area contributed by atoms with Crippen LogP contribution in [-0.4, -0.2) is 38.9 Å². The van der Waals surface area contributed by atoms with E-state index in [2.05, 4.69) is 42.3 Å². The molecule has 4 rings (SSSR count). The second-order valence-corrected chi connectivity index (χ2v) is 7.99. The third kappa shape index (κ3) is 5.29. The van der Waals surface area contributed by atoms with Gasteiger partial charge in [-0.25, -0.2) is 10.2 Å². The van der Waals surface area contributed by atoms with Gasteiger partial charge in [-0.3, -0.25) is 14.9 Å². The van der Waals surface area contributed by atoms with E-state index < -0.39 is 5.91 Å². The number of nitrogens with one attached hydrogen (secondary N) is 1. The quantitative estimate of drug-likeness (QED) is 0.365. The first-order valence-electron chi connectivity index (χ1n) is 10.7. The molecule has 2 heterocycles. The molecule has 0 fully saturated rings. The van der Waals surface area contributed by atoms with Crippen molar-refractivity contribution in [1.29, 1.82) is 0 Å². The van der Waals surface area contributed by atoms with Gasteiger partial charge in [-0.1, -0.05) is 36.4 Å². The monoisotopic (exact) mass is 416 g/mol. The van der Waals surface area contributed by atoms with Gasteiger partial charge in [-0.05, 0) is 73.2 Å². The molecule has 160 valence electrons. The van der Waals surface area contributed by atoms with Gasteiger partial charge in [0.2, 0.25) is 0 Å². The van der Waals surface area contributed by atoms with E-state index in [0.717, 1.165) is 55.8 Å². The van der Waals surface area contributed by atoms with Crippen LogP contribution in [0.25, 0.3) is 11.8 Å². The molecule has 3 aromatic rings. The fourth-order valence-electron chi connectivity index (χ4n) is 4.08. The van der Waals surface area contributed by atoms with E-state index in [4.69, 9.17) is 10.3 Å². The molecule has 31 heavy (non-hydrogen) atoms. The predicted octanol–water partition coefficient (Wildman–Crippen LogP) is 3.69. The fourth-order valence-corrected chi connectivity index (χ4v) is 4.08. The fraction of sp³-hybridized carbons (Fsp3) is 0.280. The molecule has 0 spiro atoms. The molecule has 0 bridgehead atoms. The maximum absolute atomic E-state index is 11.2. The third-order valence-electron chi connectivity index (χ3n) is 5.80. The minimum Gasteiger partial charge on any atom is -0.299 e. The van der Waals surface area contributed by atoms with Crippen LogP contribution in [0.1, 0.15) is 34.4 Å². The molecule has 6 nitrogen and oxygen atoms in total. The molecular formula is C25H28N4O2. The highest BCUT2D eigenvalue weighted by molar-refractivity contribution is 5.90. The van der Waals surface area contributed by atoms with Gasteiger partial charge in [-0.2, -0.15) is 5.10 Å². The van der Waals surface area contributed by atoms with Gasteiger partial charge in [0.1, 0.15) is 0 Å². The van der Waals surface area contributed by atoms with E-state index in [1.165, 1.54) is 22.8 Å². The maximum atomic E-state index is 11.2. The van der Waals surface area contributed by atoms with Crippen LogP contribution in [0.2, 0.25) is 0 Å². The number of benzene rings is 2. The number of hydrogen-bond acceptors (Lipinski definition) is 4. The molecule has 1 amide bonds. The van der Waals surface area contributed by atoms with Crippen molar-refractivity contribution in [3.63, 3.8) is 0 Å². The van der Waals surface area contributed by atoms with Gasteiger partial charge in [0.15, 0.2) is 0 Å². The van der Waals surface area contributed by atoms with Crippen LogP contribution in [-0.2, 0) is 24.2 Å². The minimum absolute atomic E-state index is 0.521. The van der Waals surface area contributed by atoms with Gasteiger partial charge in [-0.15, -0.1) is 0 Å². The number of para-hydroxylation sites is 1. The lowest BCUT2D eigenvalue weighted by Gasteiger charge is -2.20. The standard InChI is InChI=1S/C25H28N4O2/c1-19-22(18-29(26-19)24-7-3-2-4-8-24)13-15-28-14-5-6-21-16-20(9-11-23(21)17-28)10-12-25(30)27-31/h2-4,7-12,16,18,31H,5-6,13-15,17H2,1H3,(H,27,30). The second-order valence-electron chi connectivity index (χ2n) is 7.99. The predicted molar refractivity (Wildman–Crippen MR) is 121 cm³/mol. The molecule has 0 radical (unpaired) electrons. The Kier molecular flexibility index (Phi) is 6.60. The summed E-state index contributed by atoms with van der Waals surface area (Å²) in [6, 6.07) is 16.5. The summed E-state index contributed by atoms with van der Waals surface area (Å²) >= 11 is 0. The lowest BCUT2D eigenvalue weighted by molar-refractivity contribution is -0.124. The molecule has 1 aromatic heterocycles. The van der Waals surface area contributed by atoms with Crippen molar-refractivity contribution < 1.29 is 10.0 Å². The van der Waals surface area contributed by atoms with E-state index in [0.29, 0.717) is 0 Å². The molecule has 0 atom stereocenters. The normalized spacial score (nSPS) is 14.4. The number of carbonyl (C=O) groups is 1. The summed E-state index contributed by atoms with van der Waals surface area (Å²) in [5.74, 6) is -0.521. The largest absolute Gasteiger partial charge is 0.299 e. The average molecular weight is 417 g/mol. The Hall–Kier alpha value is -3.22. The maximum Gasteiger partial charge on any atom is 0.267 e. The van der Waals surface area contributed by atoms with Crippen molar-refractivity contribution in [2.75, 3.05) is 13.1 Å². The van der Waals surface area contributed by atoms with Gasteiger partial charge in [0.05, 0.1) is 11.4 Å². The highest BCUT2D eigenvalue weighted by Crippen LogP contribution is 2.22. The number of hydrogen-bond donors (Lipinski definition) is 2. The van der Waals surface area contributed by atoms with Crippen molar-refractivity contribution in [3.8, 4) is 5.69 Å². The van der Waals surface area contributed by atoms with Crippen LogP contribution in [0.15, 0.2) is 60.8 Å². The summed E-state index contributed by atoms with van der Waals surface area (Å²) in [5.41, 5.74) is 8.73. The van der Waals surface area contributed by atoms with Gasteiger partial charge in [0, 0.05) is 25.4 Å². The van der Waals surface area contributed by atoms with E-state index in [1.54, 1.807) is 11.6 Å². The first kappa shape index (κ1) is 21.0. The molecule has 0 aliphatic carbocycles. The number of rotatable bonds is 6. The number of carbonyl (C=O) groups excluding carboxylic acids is 1. The Labute approximate surface area is 182 Å². The molecular weight excluding hydrogens is 388 g/mol. The van der Waals surface area contributed by atoms with Gasteiger partial charge in [0.25, 0.3) is 5.91 Å². The molecule has 2 aromatic carbocycles. The van der Waals surface area contributed by atoms with E-state index >= 15 is 0 Å². The Morgan fingerprint density at radius 3 is 2.84 bits per heavy atom. The zero-order valence-corrected chi connectivity index (χ0v) is 17.8. The van der Waals surface area contributed by atoms with Crippen LogP contribution in [0, 0.1) is 6.92 Å². The zero-order chi connectivity index (χ0) is 21.6. The van der Waals surface area contributed by atoms with Crippen molar-refractivity contribution in [3.05, 3.63) is 88.8 Å². The summed E-state index contributed by atoms with van der Waals surface area (Å²) in [6.45, 7) is 5.08. The third-order valence-corrected chi connectivity index (χ3v) is 5.80. The van der Waals surface area contributed by atoms with E-state index in [9.17, 15) is 4.79 Å². The van der Waals surface area contributed by atoms with Crippen LogP contribution >= 0.6 is 0 Å². The number of nitrogens with zero attached hydrogens (tertiary/aromatic N) is 3. The molecule has 0 unspecified atom stereocenters. The Morgan fingerprint density at radius 1 is 1.19 bits per heavy atom. The van der Waals surface area contributed by atoms with E-state index in [-0.39, 0.29) is 0 Å². The Balaban J connectivity index is 1.41. The highest BCUT2D eigenvalue weighted by Gasteiger charge is 2.16. The number of aryl methyl sites for hydroxylation is 2. The SMILES string of the molecule is Cc1nn(-c2ccccc2)cc1CCN1CCCc2cc(C=CC(=O)NO)ccc2C1. The van der Waals surface area contributed by atoms with Crippen LogP contribution in [0.3, 0.4) is 0 Å². The molecule has 1 aliphatic heterocycles. The van der Waals surface area contributed by atoms with Gasteiger partial charge < -0.3 is 0 Å². The van der Waals surface area contributed by atoms with Crippen molar-refractivity contribution in [1.82, 2.24) is 20.2 Å². The average Bonchev–Trinajstić information content (AvgIpc) is 3.05. The number of hydroxylamine groups is 1. The zero-order valence-electron chi connectivity index (χ0n) is 17.8. The molecule has 0 saturated heterocycles. The molecule has 1 aliphatic rings.